The lowest BCUT2D eigenvalue weighted by Crippen LogP contribution is -2.51. The number of nitrogens with one attached hydrogen (secondary N) is 1. The molecule has 0 amide bonds. The Balaban J connectivity index is 2.50. The summed E-state index contributed by atoms with van der Waals surface area (Å²) in [6.45, 7) is 12.6. The molecule has 0 atom stereocenters. The first kappa shape index (κ1) is 17.7. The number of benzene rings is 1. The standard InChI is InChI=1S/C17H24F2N3O/c1-15(2,3)20-10-8-11(18)13(12(19)9-10)14-21-16(4,5)17(6,7)22(14)23/h8-9,20H,1-7H3. The third-order valence-electron chi connectivity index (χ3n) is 4.37. The number of halogens is 2. The molecule has 23 heavy (non-hydrogen) atoms. The Labute approximate surface area is 136 Å². The molecule has 0 saturated heterocycles. The third-order valence-corrected chi connectivity index (χ3v) is 4.37. The molecule has 1 aliphatic rings. The van der Waals surface area contributed by atoms with E-state index in [9.17, 15) is 14.0 Å². The highest BCUT2D eigenvalue weighted by molar-refractivity contribution is 6.01. The first-order chi connectivity index (χ1) is 10.3. The summed E-state index contributed by atoms with van der Waals surface area (Å²) < 4.78 is 29.0. The smallest absolute Gasteiger partial charge is 0.165 e. The van der Waals surface area contributed by atoms with Gasteiger partial charge in [0.15, 0.2) is 5.84 Å². The van der Waals surface area contributed by atoms with E-state index in [1.807, 2.05) is 20.8 Å². The van der Waals surface area contributed by atoms with Crippen molar-refractivity contribution in [1.29, 1.82) is 0 Å². The van der Waals surface area contributed by atoms with Crippen molar-refractivity contribution in [3.05, 3.63) is 29.3 Å². The molecule has 1 aromatic carbocycles. The van der Waals surface area contributed by atoms with Gasteiger partial charge in [-0.05, 0) is 60.6 Å². The Bertz CT molecular complexity index is 637. The summed E-state index contributed by atoms with van der Waals surface area (Å²) in [5.74, 6) is -1.80. The minimum absolute atomic E-state index is 0.197. The summed E-state index contributed by atoms with van der Waals surface area (Å²) in [5.41, 5.74) is -2.02. The molecule has 1 radical (unpaired) electrons. The number of nitrogens with zero attached hydrogens (tertiary/aromatic N) is 2. The Morgan fingerprint density at radius 2 is 1.57 bits per heavy atom. The third kappa shape index (κ3) is 3.04. The molecule has 0 aromatic heterocycles. The molecular weight excluding hydrogens is 300 g/mol. The van der Waals surface area contributed by atoms with Gasteiger partial charge in [-0.15, -0.1) is 0 Å². The van der Waals surface area contributed by atoms with Crippen molar-refractivity contribution in [3.8, 4) is 0 Å². The minimum atomic E-state index is -0.885. The van der Waals surface area contributed by atoms with Crippen molar-refractivity contribution in [2.75, 3.05) is 5.32 Å². The van der Waals surface area contributed by atoms with Crippen LogP contribution in [0.1, 0.15) is 54.0 Å². The van der Waals surface area contributed by atoms with Crippen LogP contribution in [-0.4, -0.2) is 27.5 Å². The van der Waals surface area contributed by atoms with Crippen LogP contribution in [0.15, 0.2) is 17.1 Å². The van der Waals surface area contributed by atoms with Crippen LogP contribution in [0.2, 0.25) is 0 Å². The normalized spacial score (nSPS) is 19.7. The van der Waals surface area contributed by atoms with Gasteiger partial charge >= 0.3 is 0 Å². The number of hydrogen-bond acceptors (Lipinski definition) is 3. The van der Waals surface area contributed by atoms with Crippen molar-refractivity contribution in [2.24, 2.45) is 4.99 Å². The molecule has 1 aliphatic heterocycles. The Morgan fingerprint density at radius 3 is 1.91 bits per heavy atom. The van der Waals surface area contributed by atoms with Crippen molar-refractivity contribution in [3.63, 3.8) is 0 Å². The Hall–Kier alpha value is -1.69. The highest BCUT2D eigenvalue weighted by Crippen LogP contribution is 2.39. The molecule has 1 heterocycles. The van der Waals surface area contributed by atoms with E-state index in [4.69, 9.17) is 0 Å². The largest absolute Gasteiger partial charge is 0.380 e. The Kier molecular flexibility index (Phi) is 3.96. The fraction of sp³-hybridized carbons (Fsp3) is 0.588. The van der Waals surface area contributed by atoms with Crippen molar-refractivity contribution in [2.45, 2.75) is 65.1 Å². The van der Waals surface area contributed by atoms with Crippen molar-refractivity contribution >= 4 is 11.5 Å². The summed E-state index contributed by atoms with van der Waals surface area (Å²) in [6.07, 6.45) is 0. The highest BCUT2D eigenvalue weighted by Gasteiger charge is 2.51. The monoisotopic (exact) mass is 324 g/mol. The van der Waals surface area contributed by atoms with E-state index in [1.54, 1.807) is 27.7 Å². The zero-order valence-electron chi connectivity index (χ0n) is 14.7. The summed E-state index contributed by atoms with van der Waals surface area (Å²) >= 11 is 0. The van der Waals surface area contributed by atoms with Gasteiger partial charge < -0.3 is 5.32 Å². The molecule has 2 rings (SSSR count). The van der Waals surface area contributed by atoms with Gasteiger partial charge in [-0.1, -0.05) is 5.21 Å². The van der Waals surface area contributed by atoms with Gasteiger partial charge in [-0.3, -0.25) is 4.99 Å². The van der Waals surface area contributed by atoms with E-state index < -0.39 is 22.7 Å². The van der Waals surface area contributed by atoms with Crippen LogP contribution in [0.4, 0.5) is 14.5 Å². The van der Waals surface area contributed by atoms with Crippen LogP contribution in [0.25, 0.3) is 0 Å². The molecule has 0 saturated carbocycles. The molecule has 1 N–H and O–H groups in total. The van der Waals surface area contributed by atoms with Crippen LogP contribution in [0, 0.1) is 11.6 Å². The van der Waals surface area contributed by atoms with E-state index in [1.165, 1.54) is 12.1 Å². The maximum Gasteiger partial charge on any atom is 0.165 e. The first-order valence-electron chi connectivity index (χ1n) is 7.61. The number of anilines is 1. The zero-order chi connectivity index (χ0) is 17.8. The fourth-order valence-corrected chi connectivity index (χ4v) is 2.41. The summed E-state index contributed by atoms with van der Waals surface area (Å²) in [6, 6.07) is 2.39. The molecule has 0 aliphatic carbocycles. The number of hydrogen-bond donors (Lipinski definition) is 1. The molecule has 0 unspecified atom stereocenters. The van der Waals surface area contributed by atoms with Gasteiger partial charge in [0, 0.05) is 11.2 Å². The molecule has 0 bridgehead atoms. The second-order valence-electron chi connectivity index (χ2n) is 8.04. The van der Waals surface area contributed by atoms with E-state index >= 15 is 0 Å². The SMILES string of the molecule is CC(C)(C)Nc1cc(F)c(C2=NC(C)(C)C(C)(C)N2[O])c(F)c1. The minimum Gasteiger partial charge on any atom is -0.380 e. The molecule has 6 heteroatoms. The number of hydroxylamine groups is 2. The maximum atomic E-state index is 14.5. The lowest BCUT2D eigenvalue weighted by molar-refractivity contribution is -0.158. The Morgan fingerprint density at radius 1 is 1.09 bits per heavy atom. The van der Waals surface area contributed by atoms with Crippen molar-refractivity contribution in [1.82, 2.24) is 5.06 Å². The van der Waals surface area contributed by atoms with Crippen LogP contribution < -0.4 is 5.32 Å². The molecule has 4 nitrogen and oxygen atoms in total. The van der Waals surface area contributed by atoms with Gasteiger partial charge in [-0.2, -0.15) is 5.06 Å². The van der Waals surface area contributed by atoms with Crippen molar-refractivity contribution < 1.29 is 14.0 Å². The van der Waals surface area contributed by atoms with E-state index in [2.05, 4.69) is 10.3 Å². The second kappa shape index (κ2) is 5.16. The number of amidine groups is 1. The zero-order valence-corrected chi connectivity index (χ0v) is 14.7. The average molecular weight is 324 g/mol. The molecule has 1 aromatic rings. The lowest BCUT2D eigenvalue weighted by Gasteiger charge is -2.35. The summed E-state index contributed by atoms with van der Waals surface area (Å²) in [4.78, 5) is 4.28. The quantitative estimate of drug-likeness (QED) is 0.889. The fourth-order valence-electron chi connectivity index (χ4n) is 2.41. The van der Waals surface area contributed by atoms with Crippen LogP contribution in [0.3, 0.4) is 0 Å². The second-order valence-corrected chi connectivity index (χ2v) is 8.04. The van der Waals surface area contributed by atoms with E-state index in [0.29, 0.717) is 10.8 Å². The maximum absolute atomic E-state index is 14.5. The molecule has 127 valence electrons. The average Bonchev–Trinajstić information content (AvgIpc) is 2.47. The van der Waals surface area contributed by atoms with Gasteiger partial charge in [0.1, 0.15) is 11.6 Å². The summed E-state index contributed by atoms with van der Waals surface area (Å²) in [7, 11) is 0. The predicted octanol–water partition coefficient (Wildman–Crippen LogP) is 4.14. The van der Waals surface area contributed by atoms with Gasteiger partial charge in [0.05, 0.1) is 16.6 Å². The number of aliphatic imine (C=N–C) groups is 1. The van der Waals surface area contributed by atoms with Gasteiger partial charge in [-0.25, -0.2) is 8.78 Å². The lowest BCUT2D eigenvalue weighted by atomic mass is 9.84. The topological polar surface area (TPSA) is 47.5 Å². The van der Waals surface area contributed by atoms with Gasteiger partial charge in [0.25, 0.3) is 0 Å². The van der Waals surface area contributed by atoms with E-state index in [-0.39, 0.29) is 16.9 Å². The van der Waals surface area contributed by atoms with Crippen LogP contribution in [0.5, 0.6) is 0 Å². The van der Waals surface area contributed by atoms with Crippen LogP contribution in [-0.2, 0) is 5.21 Å². The highest BCUT2D eigenvalue weighted by atomic mass is 19.1. The predicted molar refractivity (Wildman–Crippen MR) is 87.0 cm³/mol. The molecule has 0 fully saturated rings. The number of rotatable bonds is 2. The first-order valence-corrected chi connectivity index (χ1v) is 7.61. The van der Waals surface area contributed by atoms with Gasteiger partial charge in [0.2, 0.25) is 0 Å². The molecule has 0 spiro atoms. The van der Waals surface area contributed by atoms with E-state index in [0.717, 1.165) is 0 Å². The summed E-state index contributed by atoms with van der Waals surface area (Å²) in [5, 5.41) is 16.1. The molecular formula is C17H24F2N3O. The van der Waals surface area contributed by atoms with Crippen LogP contribution >= 0.6 is 0 Å².